The fourth-order valence-corrected chi connectivity index (χ4v) is 3.92. The normalized spacial score (nSPS) is 19.1. The van der Waals surface area contributed by atoms with Gasteiger partial charge in [-0.3, -0.25) is 9.36 Å². The van der Waals surface area contributed by atoms with Crippen molar-refractivity contribution in [3.05, 3.63) is 37.1 Å². The van der Waals surface area contributed by atoms with Gasteiger partial charge < -0.3 is 5.32 Å². The Kier molecular flexibility index (Phi) is 4.63. The van der Waals surface area contributed by atoms with Crippen LogP contribution < -0.4 is 5.32 Å². The molecular weight excluding hydrogens is 330 g/mol. The molecule has 1 saturated heterocycles. The van der Waals surface area contributed by atoms with Gasteiger partial charge in [-0.1, -0.05) is 6.42 Å². The number of sulfonamides is 1. The fourth-order valence-electron chi connectivity index (χ4n) is 2.80. The van der Waals surface area contributed by atoms with Crippen LogP contribution in [0.5, 0.6) is 0 Å². The van der Waals surface area contributed by atoms with Crippen molar-refractivity contribution in [2.45, 2.75) is 25.3 Å². The number of carbonyl (C=O) groups excluding carboxylic acids is 1. The van der Waals surface area contributed by atoms with Crippen LogP contribution in [-0.4, -0.2) is 52.0 Å². The molecule has 1 aliphatic heterocycles. The van der Waals surface area contributed by atoms with Gasteiger partial charge in [-0.05, 0) is 25.0 Å². The third kappa shape index (κ3) is 3.62. The van der Waals surface area contributed by atoms with Crippen LogP contribution >= 0.6 is 0 Å². The Hall–Kier alpha value is -2.26. The number of nitrogens with zero attached hydrogens (tertiary/aromatic N) is 4. The second kappa shape index (κ2) is 6.70. The first kappa shape index (κ1) is 16.6. The lowest BCUT2D eigenvalue weighted by Crippen LogP contribution is -2.49. The molecule has 0 radical (unpaired) electrons. The second-order valence-electron chi connectivity index (χ2n) is 5.75. The highest BCUT2D eigenvalue weighted by atomic mass is 32.2. The molecule has 1 fully saturated rings. The Morgan fingerprint density at radius 3 is 2.79 bits per heavy atom. The summed E-state index contributed by atoms with van der Waals surface area (Å²) in [5.74, 6) is 0.359. The standard InChI is InChI=1S/C15H19N5O3S/c1-24(22,23)20-8-3-2-4-13(20)15(21)18-12-5-6-14(17-10-12)19-9-7-16-11-19/h5-7,9-11,13H,2-4,8H2,1H3,(H,18,21). The topological polar surface area (TPSA) is 97.2 Å². The summed E-state index contributed by atoms with van der Waals surface area (Å²) < 4.78 is 26.7. The van der Waals surface area contributed by atoms with Crippen LogP contribution in [0.15, 0.2) is 37.1 Å². The highest BCUT2D eigenvalue weighted by Crippen LogP contribution is 2.21. The number of hydrogen-bond acceptors (Lipinski definition) is 5. The van der Waals surface area contributed by atoms with Crippen LogP contribution in [0.3, 0.4) is 0 Å². The van der Waals surface area contributed by atoms with Crippen molar-refractivity contribution >= 4 is 21.6 Å². The van der Waals surface area contributed by atoms with Crippen molar-refractivity contribution in [3.63, 3.8) is 0 Å². The van der Waals surface area contributed by atoms with Crippen LogP contribution in [-0.2, 0) is 14.8 Å². The first-order chi connectivity index (χ1) is 11.4. The predicted octanol–water partition coefficient (Wildman–Crippen LogP) is 1.02. The maximum Gasteiger partial charge on any atom is 0.242 e. The summed E-state index contributed by atoms with van der Waals surface area (Å²) in [7, 11) is -3.40. The number of piperidine rings is 1. The largest absolute Gasteiger partial charge is 0.323 e. The van der Waals surface area contributed by atoms with Gasteiger partial charge in [-0.25, -0.2) is 18.4 Å². The van der Waals surface area contributed by atoms with Gasteiger partial charge >= 0.3 is 0 Å². The number of nitrogens with one attached hydrogen (secondary N) is 1. The van der Waals surface area contributed by atoms with Gasteiger partial charge in [0.25, 0.3) is 0 Å². The van der Waals surface area contributed by atoms with E-state index in [1.807, 2.05) is 0 Å². The van der Waals surface area contributed by atoms with Crippen molar-refractivity contribution in [1.29, 1.82) is 0 Å². The minimum atomic E-state index is -3.40. The van der Waals surface area contributed by atoms with Crippen LogP contribution in [0, 0.1) is 0 Å². The summed E-state index contributed by atoms with van der Waals surface area (Å²) in [5.41, 5.74) is 0.530. The molecule has 0 spiro atoms. The summed E-state index contributed by atoms with van der Waals surface area (Å²) in [4.78, 5) is 20.7. The minimum absolute atomic E-state index is 0.322. The molecule has 9 heteroatoms. The van der Waals surface area contributed by atoms with E-state index in [0.717, 1.165) is 19.1 Å². The van der Waals surface area contributed by atoms with E-state index < -0.39 is 16.1 Å². The van der Waals surface area contributed by atoms with Gasteiger partial charge in [-0.15, -0.1) is 0 Å². The molecule has 0 aromatic carbocycles. The van der Waals surface area contributed by atoms with Crippen molar-refractivity contribution in [3.8, 4) is 5.82 Å². The van der Waals surface area contributed by atoms with Gasteiger partial charge in [0.2, 0.25) is 15.9 Å². The molecular formula is C15H19N5O3S. The predicted molar refractivity (Wildman–Crippen MR) is 89.2 cm³/mol. The van der Waals surface area contributed by atoms with E-state index in [4.69, 9.17) is 0 Å². The Morgan fingerprint density at radius 1 is 1.33 bits per heavy atom. The number of aromatic nitrogens is 3. The molecule has 1 unspecified atom stereocenters. The highest BCUT2D eigenvalue weighted by molar-refractivity contribution is 7.88. The number of anilines is 1. The molecule has 2 aromatic rings. The van der Waals surface area contributed by atoms with Crippen LogP contribution in [0.4, 0.5) is 5.69 Å². The zero-order valence-corrected chi connectivity index (χ0v) is 14.1. The number of imidazole rings is 1. The number of carbonyl (C=O) groups is 1. The van der Waals surface area contributed by atoms with E-state index in [0.29, 0.717) is 24.5 Å². The van der Waals surface area contributed by atoms with Gasteiger partial charge in [0.1, 0.15) is 18.2 Å². The van der Waals surface area contributed by atoms with E-state index in [1.165, 1.54) is 4.31 Å². The highest BCUT2D eigenvalue weighted by Gasteiger charge is 2.34. The first-order valence-electron chi connectivity index (χ1n) is 7.67. The monoisotopic (exact) mass is 349 g/mol. The SMILES string of the molecule is CS(=O)(=O)N1CCCCC1C(=O)Nc1ccc(-n2ccnc2)nc1. The van der Waals surface area contributed by atoms with Crippen LogP contribution in [0.1, 0.15) is 19.3 Å². The lowest BCUT2D eigenvalue weighted by atomic mass is 10.0. The maximum absolute atomic E-state index is 12.5. The molecule has 1 aliphatic rings. The van der Waals surface area contributed by atoms with Gasteiger partial charge in [0.15, 0.2) is 0 Å². The summed E-state index contributed by atoms with van der Waals surface area (Å²) in [6.07, 6.45) is 9.87. The molecule has 1 amide bonds. The molecule has 1 atom stereocenters. The lowest BCUT2D eigenvalue weighted by Gasteiger charge is -2.32. The molecule has 2 aromatic heterocycles. The van der Waals surface area contributed by atoms with E-state index in [1.54, 1.807) is 41.6 Å². The van der Waals surface area contributed by atoms with E-state index in [2.05, 4.69) is 15.3 Å². The Labute approximate surface area is 140 Å². The Bertz CT molecular complexity index is 802. The van der Waals surface area contributed by atoms with Crippen molar-refractivity contribution in [2.75, 3.05) is 18.1 Å². The van der Waals surface area contributed by atoms with Gasteiger partial charge in [-0.2, -0.15) is 4.31 Å². The Balaban J connectivity index is 1.72. The van der Waals surface area contributed by atoms with Crippen molar-refractivity contribution in [1.82, 2.24) is 18.8 Å². The third-order valence-corrected chi connectivity index (χ3v) is 5.26. The second-order valence-corrected chi connectivity index (χ2v) is 7.68. The molecule has 3 heterocycles. The third-order valence-electron chi connectivity index (χ3n) is 3.97. The Morgan fingerprint density at radius 2 is 2.17 bits per heavy atom. The molecule has 128 valence electrons. The molecule has 0 saturated carbocycles. The zero-order valence-electron chi connectivity index (χ0n) is 13.3. The quantitative estimate of drug-likeness (QED) is 0.889. The fraction of sp³-hybridized carbons (Fsp3) is 0.400. The van der Waals surface area contributed by atoms with Crippen molar-refractivity contribution < 1.29 is 13.2 Å². The molecule has 0 aliphatic carbocycles. The molecule has 1 N–H and O–H groups in total. The van der Waals surface area contributed by atoms with E-state index in [-0.39, 0.29) is 5.91 Å². The molecule has 24 heavy (non-hydrogen) atoms. The smallest absolute Gasteiger partial charge is 0.242 e. The minimum Gasteiger partial charge on any atom is -0.323 e. The van der Waals surface area contributed by atoms with Crippen molar-refractivity contribution in [2.24, 2.45) is 0 Å². The summed E-state index contributed by atoms with van der Waals surface area (Å²) in [5, 5.41) is 2.75. The molecule has 3 rings (SSSR count). The summed E-state index contributed by atoms with van der Waals surface area (Å²) in [6, 6.07) is 2.82. The van der Waals surface area contributed by atoms with Gasteiger partial charge in [0.05, 0.1) is 18.1 Å². The maximum atomic E-state index is 12.5. The summed E-state index contributed by atoms with van der Waals surface area (Å²) >= 11 is 0. The van der Waals surface area contributed by atoms with Crippen LogP contribution in [0.2, 0.25) is 0 Å². The molecule has 8 nitrogen and oxygen atoms in total. The number of amides is 1. The number of hydrogen-bond donors (Lipinski definition) is 1. The van der Waals surface area contributed by atoms with E-state index >= 15 is 0 Å². The average molecular weight is 349 g/mol. The number of rotatable bonds is 4. The zero-order chi connectivity index (χ0) is 17.2. The molecule has 0 bridgehead atoms. The van der Waals surface area contributed by atoms with E-state index in [9.17, 15) is 13.2 Å². The number of pyridine rings is 1. The first-order valence-corrected chi connectivity index (χ1v) is 9.52. The van der Waals surface area contributed by atoms with Crippen LogP contribution in [0.25, 0.3) is 5.82 Å². The summed E-state index contributed by atoms with van der Waals surface area (Å²) in [6.45, 7) is 0.384. The average Bonchev–Trinajstić information content (AvgIpc) is 3.09. The van der Waals surface area contributed by atoms with Gasteiger partial charge in [0, 0.05) is 18.9 Å². The lowest BCUT2D eigenvalue weighted by molar-refractivity contribution is -0.120.